The minimum absolute atomic E-state index is 0.0956. The molecule has 0 saturated heterocycles. The van der Waals surface area contributed by atoms with Gasteiger partial charge in [-0.2, -0.15) is 0 Å². The van der Waals surface area contributed by atoms with Crippen molar-refractivity contribution >= 4 is 22.7 Å². The zero-order valence-corrected chi connectivity index (χ0v) is 11.9. The largest absolute Gasteiger partial charge is 0.347 e. The summed E-state index contributed by atoms with van der Waals surface area (Å²) in [6.07, 6.45) is 1.33. The number of para-hydroxylation sites is 1. The summed E-state index contributed by atoms with van der Waals surface area (Å²) in [6, 6.07) is 6.93. The Morgan fingerprint density at radius 2 is 2.00 bits per heavy atom. The number of amides is 2. The van der Waals surface area contributed by atoms with Crippen molar-refractivity contribution < 1.29 is 9.59 Å². The molecule has 0 bridgehead atoms. The quantitative estimate of drug-likeness (QED) is 0.829. The van der Waals surface area contributed by atoms with Crippen LogP contribution < -0.4 is 10.9 Å². The highest BCUT2D eigenvalue weighted by molar-refractivity contribution is 5.84. The van der Waals surface area contributed by atoms with E-state index in [0.717, 1.165) is 0 Å². The van der Waals surface area contributed by atoms with Crippen molar-refractivity contribution in [3.8, 4) is 0 Å². The molecule has 2 aromatic rings. The maximum atomic E-state index is 12.2. The van der Waals surface area contributed by atoms with E-state index in [4.69, 9.17) is 0 Å². The van der Waals surface area contributed by atoms with Crippen LogP contribution >= 0.6 is 0 Å². The van der Waals surface area contributed by atoms with E-state index in [2.05, 4.69) is 10.3 Å². The molecule has 0 atom stereocenters. The molecule has 7 heteroatoms. The second-order valence-electron chi connectivity index (χ2n) is 4.76. The van der Waals surface area contributed by atoms with Crippen molar-refractivity contribution in [2.45, 2.75) is 6.54 Å². The minimum atomic E-state index is -0.413. The number of nitrogens with zero attached hydrogens (tertiary/aromatic N) is 3. The van der Waals surface area contributed by atoms with Crippen molar-refractivity contribution in [3.05, 3.63) is 40.9 Å². The fourth-order valence-corrected chi connectivity index (χ4v) is 1.76. The fraction of sp³-hybridized carbons (Fsp3) is 0.286. The average Bonchev–Trinajstić information content (AvgIpc) is 2.48. The van der Waals surface area contributed by atoms with Gasteiger partial charge in [-0.15, -0.1) is 0 Å². The van der Waals surface area contributed by atoms with Gasteiger partial charge in [0.05, 0.1) is 23.8 Å². The van der Waals surface area contributed by atoms with Gasteiger partial charge >= 0.3 is 0 Å². The van der Waals surface area contributed by atoms with E-state index in [1.54, 1.807) is 38.4 Å². The molecular weight excluding hydrogens is 272 g/mol. The van der Waals surface area contributed by atoms with Crippen molar-refractivity contribution in [1.82, 2.24) is 19.8 Å². The smallest absolute Gasteiger partial charge is 0.261 e. The lowest BCUT2D eigenvalue weighted by Crippen LogP contribution is -2.39. The first-order valence-corrected chi connectivity index (χ1v) is 6.40. The normalized spacial score (nSPS) is 10.4. The molecule has 2 rings (SSSR count). The SMILES string of the molecule is CN(C)C(=O)CNC(=O)Cn1cnc2ccccc2c1=O. The van der Waals surface area contributed by atoms with Gasteiger partial charge < -0.3 is 10.2 Å². The maximum absolute atomic E-state index is 12.2. The third-order valence-corrected chi connectivity index (χ3v) is 2.98. The number of aromatic nitrogens is 2. The predicted molar refractivity (Wildman–Crippen MR) is 77.7 cm³/mol. The van der Waals surface area contributed by atoms with Gasteiger partial charge in [-0.1, -0.05) is 12.1 Å². The van der Waals surface area contributed by atoms with Gasteiger partial charge in [0, 0.05) is 14.1 Å². The lowest BCUT2D eigenvalue weighted by atomic mass is 10.2. The van der Waals surface area contributed by atoms with Crippen LogP contribution in [0.15, 0.2) is 35.4 Å². The second-order valence-corrected chi connectivity index (χ2v) is 4.76. The predicted octanol–water partition coefficient (Wildman–Crippen LogP) is -0.399. The lowest BCUT2D eigenvalue weighted by Gasteiger charge is -2.11. The number of nitrogens with one attached hydrogen (secondary N) is 1. The molecule has 0 aliphatic heterocycles. The number of benzene rings is 1. The number of carbonyl (C=O) groups excluding carboxylic acids is 2. The summed E-state index contributed by atoms with van der Waals surface area (Å²) in [5, 5.41) is 2.93. The molecular formula is C14H16N4O3. The minimum Gasteiger partial charge on any atom is -0.347 e. The van der Waals surface area contributed by atoms with E-state index in [1.807, 2.05) is 0 Å². The van der Waals surface area contributed by atoms with E-state index in [-0.39, 0.29) is 24.6 Å². The molecule has 1 aromatic carbocycles. The van der Waals surface area contributed by atoms with Gasteiger partial charge in [-0.3, -0.25) is 19.0 Å². The van der Waals surface area contributed by atoms with Crippen LogP contribution in [-0.2, 0) is 16.1 Å². The van der Waals surface area contributed by atoms with Gasteiger partial charge in [-0.05, 0) is 12.1 Å². The van der Waals surface area contributed by atoms with E-state index in [0.29, 0.717) is 10.9 Å². The average molecular weight is 288 g/mol. The highest BCUT2D eigenvalue weighted by atomic mass is 16.2. The molecule has 7 nitrogen and oxygen atoms in total. The Morgan fingerprint density at radius 1 is 1.29 bits per heavy atom. The highest BCUT2D eigenvalue weighted by Crippen LogP contribution is 2.04. The molecule has 1 heterocycles. The molecule has 0 spiro atoms. The Kier molecular flexibility index (Phi) is 4.32. The summed E-state index contributed by atoms with van der Waals surface area (Å²) in [7, 11) is 3.21. The van der Waals surface area contributed by atoms with E-state index < -0.39 is 5.91 Å². The highest BCUT2D eigenvalue weighted by Gasteiger charge is 2.10. The van der Waals surface area contributed by atoms with Crippen molar-refractivity contribution in [1.29, 1.82) is 0 Å². The first kappa shape index (κ1) is 14.7. The summed E-state index contributed by atoms with van der Waals surface area (Å²) < 4.78 is 1.22. The van der Waals surface area contributed by atoms with E-state index in [1.165, 1.54) is 15.8 Å². The summed E-state index contributed by atoms with van der Waals surface area (Å²) in [6.45, 7) is -0.265. The third-order valence-electron chi connectivity index (χ3n) is 2.98. The Balaban J connectivity index is 2.10. The number of hydrogen-bond acceptors (Lipinski definition) is 4. The van der Waals surface area contributed by atoms with Crippen LogP contribution in [0.25, 0.3) is 10.9 Å². The topological polar surface area (TPSA) is 84.3 Å². The number of rotatable bonds is 4. The number of hydrogen-bond donors (Lipinski definition) is 1. The summed E-state index contributed by atoms with van der Waals surface area (Å²) in [4.78, 5) is 40.8. The standard InChI is InChI=1S/C14H16N4O3/c1-17(2)13(20)7-15-12(19)8-18-9-16-11-6-4-3-5-10(11)14(18)21/h3-6,9H,7-8H2,1-2H3,(H,15,19). The third kappa shape index (κ3) is 3.44. The molecule has 1 N–H and O–H groups in total. The van der Waals surface area contributed by atoms with Crippen LogP contribution in [0.5, 0.6) is 0 Å². The van der Waals surface area contributed by atoms with Crippen LogP contribution in [0.1, 0.15) is 0 Å². The van der Waals surface area contributed by atoms with Crippen molar-refractivity contribution in [2.75, 3.05) is 20.6 Å². The zero-order valence-electron chi connectivity index (χ0n) is 11.9. The Morgan fingerprint density at radius 3 is 2.71 bits per heavy atom. The van der Waals surface area contributed by atoms with Gasteiger partial charge in [0.2, 0.25) is 11.8 Å². The van der Waals surface area contributed by atoms with Crippen LogP contribution in [0.3, 0.4) is 0 Å². The van der Waals surface area contributed by atoms with E-state index in [9.17, 15) is 14.4 Å². The second kappa shape index (κ2) is 6.17. The Hall–Kier alpha value is -2.70. The first-order chi connectivity index (χ1) is 9.99. The molecule has 1 aromatic heterocycles. The molecule has 2 amide bonds. The van der Waals surface area contributed by atoms with Crippen molar-refractivity contribution in [2.24, 2.45) is 0 Å². The zero-order chi connectivity index (χ0) is 15.4. The first-order valence-electron chi connectivity index (χ1n) is 6.40. The Bertz CT molecular complexity index is 736. The summed E-state index contributed by atoms with van der Waals surface area (Å²) in [5.74, 6) is -0.628. The van der Waals surface area contributed by atoms with Crippen LogP contribution in [-0.4, -0.2) is 46.9 Å². The van der Waals surface area contributed by atoms with Gasteiger partial charge in [-0.25, -0.2) is 4.98 Å². The van der Waals surface area contributed by atoms with Crippen molar-refractivity contribution in [3.63, 3.8) is 0 Å². The monoisotopic (exact) mass is 288 g/mol. The van der Waals surface area contributed by atoms with Gasteiger partial charge in [0.15, 0.2) is 0 Å². The Labute approximate surface area is 121 Å². The molecule has 0 unspecified atom stereocenters. The molecule has 0 radical (unpaired) electrons. The van der Waals surface area contributed by atoms with Crippen LogP contribution in [0.4, 0.5) is 0 Å². The number of likely N-dealkylation sites (N-methyl/N-ethyl adjacent to an activating group) is 1. The van der Waals surface area contributed by atoms with Crippen LogP contribution in [0.2, 0.25) is 0 Å². The lowest BCUT2D eigenvalue weighted by molar-refractivity contribution is -0.131. The molecule has 0 saturated carbocycles. The number of carbonyl (C=O) groups is 2. The molecule has 0 aliphatic carbocycles. The molecule has 0 aliphatic rings. The number of fused-ring (bicyclic) bond motifs is 1. The van der Waals surface area contributed by atoms with Gasteiger partial charge in [0.1, 0.15) is 6.54 Å². The van der Waals surface area contributed by atoms with Crippen LogP contribution in [0, 0.1) is 0 Å². The fourth-order valence-electron chi connectivity index (χ4n) is 1.76. The van der Waals surface area contributed by atoms with Gasteiger partial charge in [0.25, 0.3) is 5.56 Å². The maximum Gasteiger partial charge on any atom is 0.261 e. The molecule has 110 valence electrons. The molecule has 0 fully saturated rings. The summed E-state index contributed by atoms with van der Waals surface area (Å²) in [5.41, 5.74) is 0.302. The summed E-state index contributed by atoms with van der Waals surface area (Å²) >= 11 is 0. The molecule has 21 heavy (non-hydrogen) atoms. The van der Waals surface area contributed by atoms with E-state index >= 15 is 0 Å².